The highest BCUT2D eigenvalue weighted by molar-refractivity contribution is 5.91. The van der Waals surface area contributed by atoms with Crippen molar-refractivity contribution in [2.45, 2.75) is 13.5 Å². The van der Waals surface area contributed by atoms with Crippen molar-refractivity contribution in [1.82, 2.24) is 15.1 Å². The molecule has 1 aromatic heterocycles. The highest BCUT2D eigenvalue weighted by atomic mass is 16.5. The van der Waals surface area contributed by atoms with E-state index in [1.165, 1.54) is 6.26 Å². The fourth-order valence-electron chi connectivity index (χ4n) is 3.29. The molecule has 1 saturated heterocycles. The van der Waals surface area contributed by atoms with Crippen LogP contribution in [0.15, 0.2) is 46.0 Å². The van der Waals surface area contributed by atoms with Gasteiger partial charge in [-0.3, -0.25) is 9.79 Å². The molecule has 1 aliphatic heterocycles. The SMILES string of the molecule is CCOc1ccc(CNC(=NC)N2CCN(C(=O)c3ccco3)CC2)cc1OC. The lowest BCUT2D eigenvalue weighted by atomic mass is 10.2. The van der Waals surface area contributed by atoms with Crippen molar-refractivity contribution in [1.29, 1.82) is 0 Å². The lowest BCUT2D eigenvalue weighted by Gasteiger charge is -2.36. The molecule has 156 valence electrons. The molecule has 0 bridgehead atoms. The Balaban J connectivity index is 1.54. The lowest BCUT2D eigenvalue weighted by Crippen LogP contribution is -2.53. The molecule has 0 atom stereocenters. The molecule has 0 aliphatic carbocycles. The molecule has 1 N–H and O–H groups in total. The Kier molecular flexibility index (Phi) is 6.99. The van der Waals surface area contributed by atoms with Crippen LogP contribution in [0.5, 0.6) is 11.5 Å². The van der Waals surface area contributed by atoms with E-state index >= 15 is 0 Å². The number of rotatable bonds is 6. The number of ether oxygens (including phenoxy) is 2. The van der Waals surface area contributed by atoms with E-state index in [1.54, 1.807) is 31.2 Å². The minimum absolute atomic E-state index is 0.0703. The Morgan fingerprint density at radius 3 is 2.55 bits per heavy atom. The topological polar surface area (TPSA) is 79.5 Å². The van der Waals surface area contributed by atoms with Gasteiger partial charge < -0.3 is 29.0 Å². The fraction of sp³-hybridized carbons (Fsp3) is 0.429. The van der Waals surface area contributed by atoms with Crippen LogP contribution in [0.2, 0.25) is 0 Å². The molecular formula is C21H28N4O4. The third kappa shape index (κ3) is 5.01. The fourth-order valence-corrected chi connectivity index (χ4v) is 3.29. The van der Waals surface area contributed by atoms with Gasteiger partial charge in [0.1, 0.15) is 0 Å². The van der Waals surface area contributed by atoms with Crippen molar-refractivity contribution >= 4 is 11.9 Å². The third-order valence-electron chi connectivity index (χ3n) is 4.79. The molecule has 0 unspecified atom stereocenters. The first-order chi connectivity index (χ1) is 14.2. The molecule has 8 heteroatoms. The number of guanidine groups is 1. The second-order valence-electron chi connectivity index (χ2n) is 6.58. The Hall–Kier alpha value is -3.16. The van der Waals surface area contributed by atoms with E-state index in [2.05, 4.69) is 15.2 Å². The van der Waals surface area contributed by atoms with Gasteiger partial charge in [-0.25, -0.2) is 0 Å². The minimum atomic E-state index is -0.0703. The number of carbonyl (C=O) groups is 1. The van der Waals surface area contributed by atoms with Gasteiger partial charge in [-0.15, -0.1) is 0 Å². The summed E-state index contributed by atoms with van der Waals surface area (Å²) in [5, 5.41) is 3.39. The molecule has 0 spiro atoms. The first-order valence-corrected chi connectivity index (χ1v) is 9.74. The average molecular weight is 400 g/mol. The molecule has 3 rings (SSSR count). The first kappa shape index (κ1) is 20.6. The van der Waals surface area contributed by atoms with E-state index in [4.69, 9.17) is 13.9 Å². The maximum Gasteiger partial charge on any atom is 0.289 e. The number of benzene rings is 1. The number of methoxy groups -OCH3 is 1. The van der Waals surface area contributed by atoms with Crippen LogP contribution in [0.25, 0.3) is 0 Å². The smallest absolute Gasteiger partial charge is 0.289 e. The standard InChI is InChI=1S/C21H28N4O4/c1-4-28-17-8-7-16(14-19(17)27-3)15-23-21(22-2)25-11-9-24(10-12-25)20(26)18-6-5-13-29-18/h5-8,13-14H,4,9-12,15H2,1-3H3,(H,22,23). The number of piperazine rings is 1. The summed E-state index contributed by atoms with van der Waals surface area (Å²) < 4.78 is 16.2. The van der Waals surface area contributed by atoms with Gasteiger partial charge in [0.15, 0.2) is 23.2 Å². The Labute approximate surface area is 171 Å². The number of nitrogens with one attached hydrogen (secondary N) is 1. The van der Waals surface area contributed by atoms with Crippen LogP contribution < -0.4 is 14.8 Å². The summed E-state index contributed by atoms with van der Waals surface area (Å²) in [6.45, 7) is 5.81. The van der Waals surface area contributed by atoms with Crippen LogP contribution in [-0.2, 0) is 6.54 Å². The number of hydrogen-bond donors (Lipinski definition) is 1. The quantitative estimate of drug-likeness (QED) is 0.592. The summed E-state index contributed by atoms with van der Waals surface area (Å²) >= 11 is 0. The molecule has 29 heavy (non-hydrogen) atoms. The number of aliphatic imine (C=N–C) groups is 1. The van der Waals surface area contributed by atoms with Crippen molar-refractivity contribution in [3.63, 3.8) is 0 Å². The van der Waals surface area contributed by atoms with Crippen molar-refractivity contribution in [3.05, 3.63) is 47.9 Å². The van der Waals surface area contributed by atoms with E-state index in [-0.39, 0.29) is 5.91 Å². The second kappa shape index (κ2) is 9.86. The van der Waals surface area contributed by atoms with Gasteiger partial charge in [-0.1, -0.05) is 6.07 Å². The summed E-state index contributed by atoms with van der Waals surface area (Å²) in [6.07, 6.45) is 1.52. The molecule has 1 aliphatic rings. The lowest BCUT2D eigenvalue weighted by molar-refractivity contribution is 0.0657. The van der Waals surface area contributed by atoms with E-state index in [0.29, 0.717) is 50.8 Å². The zero-order chi connectivity index (χ0) is 20.6. The molecule has 8 nitrogen and oxygen atoms in total. The highest BCUT2D eigenvalue weighted by Crippen LogP contribution is 2.28. The van der Waals surface area contributed by atoms with Crippen molar-refractivity contribution in [3.8, 4) is 11.5 Å². The van der Waals surface area contributed by atoms with Gasteiger partial charge in [0.25, 0.3) is 5.91 Å². The minimum Gasteiger partial charge on any atom is -0.493 e. The molecule has 2 heterocycles. The molecule has 1 aromatic carbocycles. The highest BCUT2D eigenvalue weighted by Gasteiger charge is 2.25. The van der Waals surface area contributed by atoms with Crippen LogP contribution in [0.4, 0.5) is 0 Å². The van der Waals surface area contributed by atoms with Gasteiger partial charge in [0.2, 0.25) is 0 Å². The van der Waals surface area contributed by atoms with E-state index in [0.717, 1.165) is 17.3 Å². The van der Waals surface area contributed by atoms with Crippen molar-refractivity contribution in [2.75, 3.05) is 46.9 Å². The van der Waals surface area contributed by atoms with E-state index < -0.39 is 0 Å². The predicted molar refractivity (Wildman–Crippen MR) is 111 cm³/mol. The molecular weight excluding hydrogens is 372 g/mol. The number of amides is 1. The number of carbonyl (C=O) groups excluding carboxylic acids is 1. The number of hydrogen-bond acceptors (Lipinski definition) is 5. The van der Waals surface area contributed by atoms with Gasteiger partial charge in [0.05, 0.1) is 20.0 Å². The Morgan fingerprint density at radius 2 is 1.93 bits per heavy atom. The van der Waals surface area contributed by atoms with Gasteiger partial charge >= 0.3 is 0 Å². The summed E-state index contributed by atoms with van der Waals surface area (Å²) in [5.74, 6) is 2.57. The maximum atomic E-state index is 12.4. The number of nitrogens with zero attached hydrogens (tertiary/aromatic N) is 3. The molecule has 0 radical (unpaired) electrons. The average Bonchev–Trinajstić information content (AvgIpc) is 3.30. The van der Waals surface area contributed by atoms with E-state index in [9.17, 15) is 4.79 Å². The second-order valence-corrected chi connectivity index (χ2v) is 6.58. The summed E-state index contributed by atoms with van der Waals surface area (Å²) in [6, 6.07) is 9.31. The Bertz CT molecular complexity index is 827. The molecule has 1 fully saturated rings. The summed E-state index contributed by atoms with van der Waals surface area (Å²) in [4.78, 5) is 20.7. The zero-order valence-corrected chi connectivity index (χ0v) is 17.2. The van der Waals surface area contributed by atoms with Crippen molar-refractivity contribution < 1.29 is 18.7 Å². The van der Waals surface area contributed by atoms with E-state index in [1.807, 2.05) is 25.1 Å². The first-order valence-electron chi connectivity index (χ1n) is 9.74. The van der Waals surface area contributed by atoms with Crippen LogP contribution in [0.3, 0.4) is 0 Å². The van der Waals surface area contributed by atoms with Crippen LogP contribution in [0, 0.1) is 0 Å². The van der Waals surface area contributed by atoms with Gasteiger partial charge in [-0.05, 0) is 36.8 Å². The van der Waals surface area contributed by atoms with Crippen LogP contribution in [-0.4, -0.2) is 68.6 Å². The summed E-state index contributed by atoms with van der Waals surface area (Å²) in [5.41, 5.74) is 1.07. The van der Waals surface area contributed by atoms with Gasteiger partial charge in [0, 0.05) is 39.8 Å². The largest absolute Gasteiger partial charge is 0.493 e. The molecule has 0 saturated carbocycles. The molecule has 1 amide bonds. The predicted octanol–water partition coefficient (Wildman–Crippen LogP) is 2.22. The van der Waals surface area contributed by atoms with Crippen molar-refractivity contribution in [2.24, 2.45) is 4.99 Å². The van der Waals surface area contributed by atoms with Gasteiger partial charge in [-0.2, -0.15) is 0 Å². The normalized spacial score (nSPS) is 14.7. The monoisotopic (exact) mass is 400 g/mol. The Morgan fingerprint density at radius 1 is 1.17 bits per heavy atom. The molecule has 2 aromatic rings. The number of furan rings is 1. The third-order valence-corrected chi connectivity index (χ3v) is 4.79. The summed E-state index contributed by atoms with van der Waals surface area (Å²) in [7, 11) is 3.40. The maximum absolute atomic E-state index is 12.4. The van der Waals surface area contributed by atoms with Crippen LogP contribution >= 0.6 is 0 Å². The zero-order valence-electron chi connectivity index (χ0n) is 17.2. The van der Waals surface area contributed by atoms with Crippen LogP contribution in [0.1, 0.15) is 23.0 Å².